The lowest BCUT2D eigenvalue weighted by molar-refractivity contribution is -0.384. The van der Waals surface area contributed by atoms with Crippen LogP contribution in [0.3, 0.4) is 0 Å². The van der Waals surface area contributed by atoms with Gasteiger partial charge >= 0.3 is 0 Å². The van der Waals surface area contributed by atoms with Crippen molar-refractivity contribution >= 4 is 11.4 Å². The number of aryl methyl sites for hydroxylation is 1. The smallest absolute Gasteiger partial charge is 0.292 e. The second-order valence-electron chi connectivity index (χ2n) is 6.91. The topological polar surface area (TPSA) is 55.2 Å². The zero-order chi connectivity index (χ0) is 17.7. The van der Waals surface area contributed by atoms with E-state index in [1.54, 1.807) is 12.1 Å². The molecule has 128 valence electrons. The maximum Gasteiger partial charge on any atom is 0.292 e. The van der Waals surface area contributed by atoms with Crippen LogP contribution < -0.4 is 5.32 Å². The van der Waals surface area contributed by atoms with Crippen molar-refractivity contribution in [2.75, 3.05) is 5.32 Å². The maximum atomic E-state index is 13.7. The number of benzene rings is 2. The first-order valence-corrected chi connectivity index (χ1v) is 8.44. The molecule has 0 radical (unpaired) electrons. The van der Waals surface area contributed by atoms with Gasteiger partial charge in [0.15, 0.2) is 0 Å². The Kier molecular flexibility index (Phi) is 3.60. The second-order valence-corrected chi connectivity index (χ2v) is 6.91. The van der Waals surface area contributed by atoms with E-state index in [1.165, 1.54) is 12.1 Å². The lowest BCUT2D eigenvalue weighted by Gasteiger charge is -2.38. The Morgan fingerprint density at radius 2 is 2.08 bits per heavy atom. The van der Waals surface area contributed by atoms with Crippen molar-refractivity contribution in [2.24, 2.45) is 5.92 Å². The first-order valence-electron chi connectivity index (χ1n) is 8.44. The van der Waals surface area contributed by atoms with Gasteiger partial charge in [-0.05, 0) is 60.6 Å². The van der Waals surface area contributed by atoms with E-state index in [0.29, 0.717) is 5.69 Å². The highest BCUT2D eigenvalue weighted by molar-refractivity contribution is 5.74. The van der Waals surface area contributed by atoms with Crippen molar-refractivity contribution in [3.8, 4) is 0 Å². The molecule has 25 heavy (non-hydrogen) atoms. The van der Waals surface area contributed by atoms with Gasteiger partial charge in [0.2, 0.25) is 0 Å². The summed E-state index contributed by atoms with van der Waals surface area (Å²) >= 11 is 0. The van der Waals surface area contributed by atoms with Gasteiger partial charge in [-0.1, -0.05) is 24.3 Å². The highest BCUT2D eigenvalue weighted by Gasteiger charge is 2.41. The van der Waals surface area contributed by atoms with Gasteiger partial charge in [-0.15, -0.1) is 0 Å². The van der Waals surface area contributed by atoms with Crippen LogP contribution in [0.1, 0.15) is 40.6 Å². The van der Waals surface area contributed by atoms with Crippen molar-refractivity contribution in [3.63, 3.8) is 0 Å². The highest BCUT2D eigenvalue weighted by Crippen LogP contribution is 2.53. The quantitative estimate of drug-likeness (QED) is 0.466. The van der Waals surface area contributed by atoms with Crippen LogP contribution in [0.5, 0.6) is 0 Å². The molecule has 1 N–H and O–H groups in total. The number of rotatable bonds is 2. The molecule has 5 heteroatoms. The molecule has 0 spiro atoms. The summed E-state index contributed by atoms with van der Waals surface area (Å²) in [5.74, 6) is 0.0553. The lowest BCUT2D eigenvalue weighted by Crippen LogP contribution is -2.30. The number of nitrogens with zero attached hydrogens (tertiary/aromatic N) is 1. The Balaban J connectivity index is 1.92. The number of hydrogen-bond donors (Lipinski definition) is 1. The molecule has 3 atom stereocenters. The Labute approximate surface area is 145 Å². The first-order chi connectivity index (χ1) is 12.0. The van der Waals surface area contributed by atoms with Crippen LogP contribution in [0.25, 0.3) is 0 Å². The lowest BCUT2D eigenvalue weighted by atomic mass is 9.74. The van der Waals surface area contributed by atoms with Gasteiger partial charge in [0, 0.05) is 12.0 Å². The molecule has 0 amide bonds. The minimum atomic E-state index is -0.333. The van der Waals surface area contributed by atoms with E-state index in [1.807, 2.05) is 19.9 Å². The maximum absolute atomic E-state index is 13.7. The first kappa shape index (κ1) is 15.8. The fourth-order valence-electron chi connectivity index (χ4n) is 4.25. The summed E-state index contributed by atoms with van der Waals surface area (Å²) in [6.45, 7) is 3.93. The van der Waals surface area contributed by atoms with Gasteiger partial charge in [-0.2, -0.15) is 0 Å². The van der Waals surface area contributed by atoms with Crippen molar-refractivity contribution in [2.45, 2.75) is 32.2 Å². The summed E-state index contributed by atoms with van der Waals surface area (Å²) in [5.41, 5.74) is 4.53. The van der Waals surface area contributed by atoms with E-state index < -0.39 is 0 Å². The van der Waals surface area contributed by atoms with Gasteiger partial charge in [0.25, 0.3) is 5.69 Å². The number of anilines is 1. The van der Waals surface area contributed by atoms with Crippen LogP contribution >= 0.6 is 0 Å². The van der Waals surface area contributed by atoms with E-state index in [4.69, 9.17) is 0 Å². The molecule has 1 aliphatic heterocycles. The summed E-state index contributed by atoms with van der Waals surface area (Å²) in [4.78, 5) is 11.3. The molecule has 0 unspecified atom stereocenters. The molecule has 4 nitrogen and oxygen atoms in total. The average Bonchev–Trinajstić information content (AvgIpc) is 3.06. The molecule has 4 rings (SSSR count). The number of halogens is 1. The zero-order valence-corrected chi connectivity index (χ0v) is 14.1. The largest absolute Gasteiger partial charge is 0.372 e. The van der Waals surface area contributed by atoms with Crippen molar-refractivity contribution in [3.05, 3.63) is 80.7 Å². The van der Waals surface area contributed by atoms with Crippen LogP contribution in [0.2, 0.25) is 0 Å². The summed E-state index contributed by atoms with van der Waals surface area (Å²) in [6, 6.07) is 7.99. The van der Waals surface area contributed by atoms with Gasteiger partial charge in [-0.25, -0.2) is 4.39 Å². The molecule has 0 aromatic heterocycles. The third kappa shape index (κ3) is 2.42. The average molecular weight is 338 g/mol. The van der Waals surface area contributed by atoms with Crippen molar-refractivity contribution < 1.29 is 9.31 Å². The highest BCUT2D eigenvalue weighted by atomic mass is 19.1. The fraction of sp³-hybridized carbons (Fsp3) is 0.300. The second kappa shape index (κ2) is 5.69. The van der Waals surface area contributed by atoms with Crippen molar-refractivity contribution in [1.29, 1.82) is 0 Å². The van der Waals surface area contributed by atoms with E-state index in [-0.39, 0.29) is 34.3 Å². The molecule has 2 aromatic carbocycles. The van der Waals surface area contributed by atoms with Crippen LogP contribution in [0.4, 0.5) is 15.8 Å². The monoisotopic (exact) mass is 338 g/mol. The van der Waals surface area contributed by atoms with E-state index in [2.05, 4.69) is 17.5 Å². The van der Waals surface area contributed by atoms with Crippen molar-refractivity contribution in [1.82, 2.24) is 0 Å². The normalized spacial score (nSPS) is 23.7. The van der Waals surface area contributed by atoms with Gasteiger partial charge in [0.05, 0.1) is 11.0 Å². The molecule has 2 aliphatic rings. The number of nitrogens with one attached hydrogen (secondary N) is 1. The molecule has 0 saturated heterocycles. The number of hydrogen-bond acceptors (Lipinski definition) is 3. The molecule has 1 heterocycles. The molecule has 0 bridgehead atoms. The Morgan fingerprint density at radius 1 is 1.28 bits per heavy atom. The van der Waals surface area contributed by atoms with Gasteiger partial charge < -0.3 is 5.32 Å². The zero-order valence-electron chi connectivity index (χ0n) is 14.1. The predicted molar refractivity (Wildman–Crippen MR) is 95.3 cm³/mol. The van der Waals surface area contributed by atoms with E-state index >= 15 is 0 Å². The standard InChI is InChI=1S/C20H19FN2O2/c1-11-9-17(23(24)25)20-18(12(11)2)15-7-4-8-16(15)19(22-20)13-5-3-6-14(21)10-13/h3-7,9-10,15-16,19,22H,8H2,1-2H3/t15-,16+,19-/m1/s1. The minimum absolute atomic E-state index is 0.0956. The Bertz CT molecular complexity index is 907. The molecular formula is C20H19FN2O2. The predicted octanol–water partition coefficient (Wildman–Crippen LogP) is 5.18. The van der Waals surface area contributed by atoms with E-state index in [9.17, 15) is 14.5 Å². The number of nitro benzene ring substituents is 1. The third-order valence-electron chi connectivity index (χ3n) is 5.55. The summed E-state index contributed by atoms with van der Waals surface area (Å²) in [5, 5.41) is 15.0. The molecule has 1 aliphatic carbocycles. The van der Waals surface area contributed by atoms with Crippen LogP contribution in [0, 0.1) is 35.7 Å². The number of nitro groups is 1. The summed E-state index contributed by atoms with van der Waals surface area (Å²) in [6.07, 6.45) is 5.15. The molecule has 0 saturated carbocycles. The molecular weight excluding hydrogens is 319 g/mol. The van der Waals surface area contributed by atoms with Crippen LogP contribution in [-0.2, 0) is 0 Å². The summed E-state index contributed by atoms with van der Waals surface area (Å²) in [7, 11) is 0. The Morgan fingerprint density at radius 3 is 2.80 bits per heavy atom. The molecule has 2 aromatic rings. The summed E-state index contributed by atoms with van der Waals surface area (Å²) < 4.78 is 13.7. The number of fused-ring (bicyclic) bond motifs is 3. The fourth-order valence-corrected chi connectivity index (χ4v) is 4.25. The van der Waals surface area contributed by atoms with Crippen LogP contribution in [0.15, 0.2) is 42.5 Å². The van der Waals surface area contributed by atoms with Gasteiger partial charge in [-0.3, -0.25) is 10.1 Å². The Hall–Kier alpha value is -2.69. The third-order valence-corrected chi connectivity index (χ3v) is 5.55. The van der Waals surface area contributed by atoms with Crippen LogP contribution in [-0.4, -0.2) is 4.92 Å². The van der Waals surface area contributed by atoms with Gasteiger partial charge in [0.1, 0.15) is 11.5 Å². The van der Waals surface area contributed by atoms with E-state index in [0.717, 1.165) is 28.7 Å². The SMILES string of the molecule is Cc1cc([N+](=O)[O-])c2c(c1C)[C@@H]1C=CC[C@@H]1[C@@H](c1cccc(F)c1)N2. The number of allylic oxidation sites excluding steroid dienone is 2. The minimum Gasteiger partial charge on any atom is -0.372 e. The molecule has 0 fully saturated rings.